The highest BCUT2D eigenvalue weighted by Crippen LogP contribution is 2.18. The number of nitrogens with zero attached hydrogens (tertiary/aromatic N) is 2. The fraction of sp³-hybridized carbons (Fsp3) is 0.692. The van der Waals surface area contributed by atoms with Crippen molar-refractivity contribution >= 4 is 37.8 Å². The number of nitrogens with one attached hydrogen (secondary N) is 1. The predicted octanol–water partition coefficient (Wildman–Crippen LogP) is 3.13. The molecule has 0 atom stereocenters. The van der Waals surface area contributed by atoms with Gasteiger partial charge in [0.1, 0.15) is 5.69 Å². The van der Waals surface area contributed by atoms with Gasteiger partial charge in [-0.15, -0.1) is 0 Å². The summed E-state index contributed by atoms with van der Waals surface area (Å²) in [6, 6.07) is 1.88. The second-order valence-corrected chi connectivity index (χ2v) is 5.67. The molecule has 0 aliphatic carbocycles. The third-order valence-corrected chi connectivity index (χ3v) is 5.44. The Hall–Kier alpha value is -0.360. The maximum atomic E-state index is 12.4. The van der Waals surface area contributed by atoms with Crippen LogP contribution < -0.4 is 5.32 Å². The molecule has 0 saturated carbocycles. The topological polar surface area (TPSA) is 46.9 Å². The van der Waals surface area contributed by atoms with Gasteiger partial charge in [-0.25, -0.2) is 0 Å². The summed E-state index contributed by atoms with van der Waals surface area (Å²) in [5.41, 5.74) is 1.33. The van der Waals surface area contributed by atoms with Crippen LogP contribution in [-0.2, 0) is 13.0 Å². The van der Waals surface area contributed by atoms with E-state index in [0.717, 1.165) is 18.5 Å². The first-order valence-electron chi connectivity index (χ1n) is 6.56. The number of amides is 1. The fourth-order valence-electron chi connectivity index (χ4n) is 1.75. The minimum Gasteiger partial charge on any atom is -0.344 e. The van der Waals surface area contributed by atoms with Gasteiger partial charge in [-0.2, -0.15) is 5.10 Å². The van der Waals surface area contributed by atoms with Gasteiger partial charge in [0.05, 0.1) is 11.2 Å². The van der Waals surface area contributed by atoms with Gasteiger partial charge in [-0.05, 0) is 25.8 Å². The average Bonchev–Trinajstić information content (AvgIpc) is 2.88. The number of rotatable bonds is 7. The van der Waals surface area contributed by atoms with Crippen molar-refractivity contribution in [2.24, 2.45) is 0 Å². The van der Waals surface area contributed by atoms with Crippen LogP contribution in [-0.4, -0.2) is 31.9 Å². The molecule has 0 spiro atoms. The van der Waals surface area contributed by atoms with Crippen LogP contribution >= 0.6 is 31.9 Å². The molecule has 108 valence electrons. The van der Waals surface area contributed by atoms with E-state index in [1.165, 1.54) is 0 Å². The number of carbonyl (C=O) groups is 1. The molecule has 0 aliphatic heterocycles. The molecular weight excluding hydrogens is 374 g/mol. The van der Waals surface area contributed by atoms with Crippen molar-refractivity contribution in [2.75, 3.05) is 10.7 Å². The van der Waals surface area contributed by atoms with Gasteiger partial charge >= 0.3 is 0 Å². The van der Waals surface area contributed by atoms with Crippen molar-refractivity contribution in [3.05, 3.63) is 17.5 Å². The normalized spacial score (nSPS) is 11.6. The highest BCUT2D eigenvalue weighted by molar-refractivity contribution is 9.09. The summed E-state index contributed by atoms with van der Waals surface area (Å²) in [6.45, 7) is 6.80. The van der Waals surface area contributed by atoms with Gasteiger partial charge in [-0.3, -0.25) is 9.48 Å². The Kier molecular flexibility index (Phi) is 6.53. The maximum absolute atomic E-state index is 12.4. The lowest BCUT2D eigenvalue weighted by molar-refractivity contribution is 0.0904. The summed E-state index contributed by atoms with van der Waals surface area (Å²) < 4.78 is 1.76. The van der Waals surface area contributed by atoms with E-state index >= 15 is 0 Å². The molecule has 0 bridgehead atoms. The lowest BCUT2D eigenvalue weighted by Gasteiger charge is -2.30. The van der Waals surface area contributed by atoms with E-state index in [1.54, 1.807) is 4.68 Å². The highest BCUT2D eigenvalue weighted by atomic mass is 79.9. The van der Waals surface area contributed by atoms with Crippen molar-refractivity contribution < 1.29 is 4.79 Å². The summed E-state index contributed by atoms with van der Waals surface area (Å²) in [5, 5.41) is 8.96. The van der Waals surface area contributed by atoms with Crippen LogP contribution in [0.15, 0.2) is 6.07 Å². The first kappa shape index (κ1) is 16.7. The van der Waals surface area contributed by atoms with Gasteiger partial charge in [0.15, 0.2) is 0 Å². The van der Waals surface area contributed by atoms with Crippen LogP contribution in [0.1, 0.15) is 43.4 Å². The molecule has 1 aromatic rings. The molecule has 6 heteroatoms. The van der Waals surface area contributed by atoms with Crippen LogP contribution in [0.3, 0.4) is 0 Å². The third-order valence-electron chi connectivity index (χ3n) is 3.29. The molecule has 0 aliphatic rings. The van der Waals surface area contributed by atoms with Gasteiger partial charge in [0.25, 0.3) is 5.91 Å². The number of hydrogen-bond acceptors (Lipinski definition) is 2. The monoisotopic (exact) mass is 393 g/mol. The number of aromatic nitrogens is 2. The van der Waals surface area contributed by atoms with Crippen LogP contribution in [0.25, 0.3) is 0 Å². The van der Waals surface area contributed by atoms with Gasteiger partial charge in [0, 0.05) is 17.2 Å². The number of halogens is 2. The number of alkyl halides is 2. The van der Waals surface area contributed by atoms with Crippen molar-refractivity contribution in [1.82, 2.24) is 15.1 Å². The van der Waals surface area contributed by atoms with E-state index in [-0.39, 0.29) is 11.4 Å². The van der Waals surface area contributed by atoms with Gasteiger partial charge < -0.3 is 5.32 Å². The lowest BCUT2D eigenvalue weighted by Crippen LogP contribution is -2.51. The van der Waals surface area contributed by atoms with E-state index in [9.17, 15) is 4.79 Å². The van der Waals surface area contributed by atoms with E-state index in [4.69, 9.17) is 0 Å². The summed E-state index contributed by atoms with van der Waals surface area (Å²) >= 11 is 6.96. The van der Waals surface area contributed by atoms with E-state index < -0.39 is 0 Å². The quantitative estimate of drug-likeness (QED) is 0.722. The van der Waals surface area contributed by atoms with Crippen LogP contribution in [0, 0.1) is 0 Å². The zero-order chi connectivity index (χ0) is 14.5. The second-order valence-electron chi connectivity index (χ2n) is 4.55. The molecule has 1 aromatic heterocycles. The van der Waals surface area contributed by atoms with Crippen molar-refractivity contribution in [1.29, 1.82) is 0 Å². The van der Waals surface area contributed by atoms with E-state index in [2.05, 4.69) is 49.2 Å². The smallest absolute Gasteiger partial charge is 0.270 e. The second kappa shape index (κ2) is 7.43. The third kappa shape index (κ3) is 3.81. The van der Waals surface area contributed by atoms with Crippen molar-refractivity contribution in [3.63, 3.8) is 0 Å². The molecule has 19 heavy (non-hydrogen) atoms. The van der Waals surface area contributed by atoms with E-state index in [1.807, 2.05) is 19.9 Å². The number of aryl methyl sites for hydroxylation is 2. The first-order valence-corrected chi connectivity index (χ1v) is 8.81. The summed E-state index contributed by atoms with van der Waals surface area (Å²) in [7, 11) is 0. The van der Waals surface area contributed by atoms with E-state index in [0.29, 0.717) is 22.9 Å². The Morgan fingerprint density at radius 3 is 2.42 bits per heavy atom. The van der Waals surface area contributed by atoms with Crippen molar-refractivity contribution in [2.45, 2.75) is 45.7 Å². The Labute approximate surface area is 131 Å². The minimum atomic E-state index is -0.258. The minimum absolute atomic E-state index is 0.0604. The molecule has 0 unspecified atom stereocenters. The Morgan fingerprint density at radius 2 is 2.00 bits per heavy atom. The van der Waals surface area contributed by atoms with Gasteiger partial charge in [-0.1, -0.05) is 45.7 Å². The standard InChI is InChI=1S/C13H21Br2N3O/c1-4-10-7-11(18(6-3)17-10)12(19)16-13(5-2,8-14)9-15/h7H,4-6,8-9H2,1-3H3,(H,16,19). The summed E-state index contributed by atoms with van der Waals surface area (Å²) in [6.07, 6.45) is 1.69. The lowest BCUT2D eigenvalue weighted by atomic mass is 10.0. The Balaban J connectivity index is 2.97. The molecule has 1 rings (SSSR count). The Bertz CT molecular complexity index is 419. The fourth-order valence-corrected chi connectivity index (χ4v) is 3.75. The molecule has 4 nitrogen and oxygen atoms in total. The molecule has 1 heterocycles. The maximum Gasteiger partial charge on any atom is 0.270 e. The number of carbonyl (C=O) groups excluding carboxylic acids is 1. The Morgan fingerprint density at radius 1 is 1.37 bits per heavy atom. The first-order chi connectivity index (χ1) is 9.05. The largest absolute Gasteiger partial charge is 0.344 e. The van der Waals surface area contributed by atoms with Gasteiger partial charge in [0.2, 0.25) is 0 Å². The zero-order valence-corrected chi connectivity index (χ0v) is 14.8. The van der Waals surface area contributed by atoms with Crippen LogP contribution in [0.2, 0.25) is 0 Å². The predicted molar refractivity (Wildman–Crippen MR) is 85.4 cm³/mol. The molecule has 0 fully saturated rings. The summed E-state index contributed by atoms with van der Waals surface area (Å²) in [4.78, 5) is 12.4. The van der Waals surface area contributed by atoms with Crippen LogP contribution in [0.5, 0.6) is 0 Å². The molecule has 0 radical (unpaired) electrons. The molecule has 1 amide bonds. The molecule has 0 saturated heterocycles. The molecular formula is C13H21Br2N3O. The SMILES string of the molecule is CCc1cc(C(=O)NC(CC)(CBr)CBr)n(CC)n1. The molecule has 1 N–H and O–H groups in total. The van der Waals surface area contributed by atoms with Crippen LogP contribution in [0.4, 0.5) is 0 Å². The van der Waals surface area contributed by atoms with Crippen molar-refractivity contribution in [3.8, 4) is 0 Å². The number of hydrogen-bond donors (Lipinski definition) is 1. The molecule has 0 aromatic carbocycles. The summed E-state index contributed by atoms with van der Waals surface area (Å²) in [5.74, 6) is -0.0604. The zero-order valence-electron chi connectivity index (χ0n) is 11.7. The highest BCUT2D eigenvalue weighted by Gasteiger charge is 2.29. The average molecular weight is 395 g/mol.